The minimum Gasteiger partial charge on any atom is -0.488 e. The fraction of sp³-hybridized carbons (Fsp3) is 0.571. The van der Waals surface area contributed by atoms with E-state index in [9.17, 15) is 0 Å². The molecule has 1 aliphatic rings. The van der Waals surface area contributed by atoms with Crippen LogP contribution in [0.5, 0.6) is 5.75 Å². The van der Waals surface area contributed by atoms with Crippen LogP contribution in [0.2, 0.25) is 0 Å². The van der Waals surface area contributed by atoms with Gasteiger partial charge in [-0.05, 0) is 48.2 Å². The molecule has 4 heteroatoms. The molecule has 0 spiro atoms. The molecule has 1 aliphatic heterocycles. The Balaban J connectivity index is 1.74. The van der Waals surface area contributed by atoms with Crippen LogP contribution in [0.3, 0.4) is 0 Å². The second kappa shape index (κ2) is 6.83. The summed E-state index contributed by atoms with van der Waals surface area (Å²) in [6, 6.07) is 6.25. The molecule has 0 saturated heterocycles. The molecule has 18 heavy (non-hydrogen) atoms. The Labute approximate surface area is 122 Å². The molecular weight excluding hydrogens is 310 g/mol. The number of nitrogens with one attached hydrogen (secondary N) is 1. The highest BCUT2D eigenvalue weighted by molar-refractivity contribution is 9.10. The number of benzene rings is 1. The van der Waals surface area contributed by atoms with Gasteiger partial charge < -0.3 is 10.1 Å². The zero-order valence-electron chi connectivity index (χ0n) is 10.9. The summed E-state index contributed by atoms with van der Waals surface area (Å²) >= 11 is 5.41. The molecule has 100 valence electrons. The molecule has 0 aromatic heterocycles. The Bertz CT molecular complexity index is 399. The predicted molar refractivity (Wildman–Crippen MR) is 82.7 cm³/mol. The van der Waals surface area contributed by atoms with E-state index in [1.54, 1.807) is 0 Å². The SMILES string of the molecule is CSCC(C)CNCC1Cc2cc(Br)ccc2O1. The van der Waals surface area contributed by atoms with Crippen molar-refractivity contribution in [2.24, 2.45) is 5.92 Å². The van der Waals surface area contributed by atoms with Crippen LogP contribution in [0.15, 0.2) is 22.7 Å². The average molecular weight is 330 g/mol. The Morgan fingerprint density at radius 3 is 3.17 bits per heavy atom. The first-order valence-corrected chi connectivity index (χ1v) is 8.52. The number of ether oxygens (including phenoxy) is 1. The van der Waals surface area contributed by atoms with Crippen LogP contribution in [0.25, 0.3) is 0 Å². The van der Waals surface area contributed by atoms with E-state index in [0.717, 1.165) is 35.7 Å². The van der Waals surface area contributed by atoms with Crippen molar-refractivity contribution in [2.45, 2.75) is 19.4 Å². The summed E-state index contributed by atoms with van der Waals surface area (Å²) in [6.45, 7) is 4.29. The lowest BCUT2D eigenvalue weighted by molar-refractivity contribution is 0.226. The first-order valence-electron chi connectivity index (χ1n) is 6.33. The van der Waals surface area contributed by atoms with Gasteiger partial charge in [0.05, 0.1) is 0 Å². The largest absolute Gasteiger partial charge is 0.488 e. The van der Waals surface area contributed by atoms with Crippen molar-refractivity contribution in [3.8, 4) is 5.75 Å². The standard InChI is InChI=1S/C14H20BrNOS/c1-10(9-18-2)7-16-8-13-6-11-5-12(15)3-4-14(11)17-13/h3-5,10,13,16H,6-9H2,1-2H3. The lowest BCUT2D eigenvalue weighted by Crippen LogP contribution is -2.33. The molecular formula is C14H20BrNOS. The van der Waals surface area contributed by atoms with Gasteiger partial charge in [0.25, 0.3) is 0 Å². The first kappa shape index (κ1) is 14.2. The maximum atomic E-state index is 5.92. The molecule has 0 radical (unpaired) electrons. The van der Waals surface area contributed by atoms with Crippen molar-refractivity contribution in [3.63, 3.8) is 0 Å². The molecule has 2 nitrogen and oxygen atoms in total. The molecule has 0 aliphatic carbocycles. The molecule has 1 aromatic rings. The van der Waals surface area contributed by atoms with E-state index in [1.807, 2.05) is 17.8 Å². The molecule has 2 rings (SSSR count). The number of thioether (sulfide) groups is 1. The molecule has 2 unspecified atom stereocenters. The van der Waals surface area contributed by atoms with Crippen molar-refractivity contribution in [2.75, 3.05) is 25.1 Å². The van der Waals surface area contributed by atoms with Gasteiger partial charge in [0.2, 0.25) is 0 Å². The summed E-state index contributed by atoms with van der Waals surface area (Å²) in [6.07, 6.45) is 3.46. The van der Waals surface area contributed by atoms with Crippen LogP contribution in [-0.4, -0.2) is 31.2 Å². The second-order valence-electron chi connectivity index (χ2n) is 4.91. The van der Waals surface area contributed by atoms with Crippen molar-refractivity contribution >= 4 is 27.7 Å². The molecule has 0 amide bonds. The maximum absolute atomic E-state index is 5.92. The molecule has 0 fully saturated rings. The molecule has 1 aromatic carbocycles. The van der Waals surface area contributed by atoms with Gasteiger partial charge in [-0.25, -0.2) is 0 Å². The fourth-order valence-corrected chi connectivity index (χ4v) is 3.33. The molecule has 1 N–H and O–H groups in total. The normalized spacial score (nSPS) is 19.4. The zero-order chi connectivity index (χ0) is 13.0. The summed E-state index contributed by atoms with van der Waals surface area (Å²) in [4.78, 5) is 0. The van der Waals surface area contributed by atoms with Crippen molar-refractivity contribution in [1.29, 1.82) is 0 Å². The van der Waals surface area contributed by atoms with Crippen LogP contribution in [0, 0.1) is 5.92 Å². The number of fused-ring (bicyclic) bond motifs is 1. The molecule has 1 heterocycles. The fourth-order valence-electron chi connectivity index (χ4n) is 2.24. The summed E-state index contributed by atoms with van der Waals surface area (Å²) in [5.41, 5.74) is 1.31. The third kappa shape index (κ3) is 3.90. The van der Waals surface area contributed by atoms with Gasteiger partial charge in [-0.2, -0.15) is 11.8 Å². The molecule has 0 bridgehead atoms. The summed E-state index contributed by atoms with van der Waals surface area (Å²) in [7, 11) is 0. The third-order valence-electron chi connectivity index (χ3n) is 3.08. The highest BCUT2D eigenvalue weighted by atomic mass is 79.9. The third-order valence-corrected chi connectivity index (χ3v) is 4.48. The van der Waals surface area contributed by atoms with E-state index in [4.69, 9.17) is 4.74 Å². The number of halogens is 1. The van der Waals surface area contributed by atoms with Crippen LogP contribution >= 0.6 is 27.7 Å². The van der Waals surface area contributed by atoms with Gasteiger partial charge in [0.1, 0.15) is 11.9 Å². The van der Waals surface area contributed by atoms with Crippen molar-refractivity contribution in [1.82, 2.24) is 5.32 Å². The zero-order valence-corrected chi connectivity index (χ0v) is 13.3. The van der Waals surface area contributed by atoms with E-state index < -0.39 is 0 Å². The second-order valence-corrected chi connectivity index (χ2v) is 6.74. The number of hydrogen-bond acceptors (Lipinski definition) is 3. The lowest BCUT2D eigenvalue weighted by Gasteiger charge is -2.14. The first-order chi connectivity index (χ1) is 8.69. The van der Waals surface area contributed by atoms with Gasteiger partial charge in [-0.3, -0.25) is 0 Å². The highest BCUT2D eigenvalue weighted by Crippen LogP contribution is 2.30. The Hall–Kier alpha value is -0.190. The van der Waals surface area contributed by atoms with E-state index in [2.05, 4.69) is 46.6 Å². The lowest BCUT2D eigenvalue weighted by atomic mass is 10.1. The molecule has 2 atom stereocenters. The van der Waals surface area contributed by atoms with Crippen LogP contribution < -0.4 is 10.1 Å². The van der Waals surface area contributed by atoms with Crippen LogP contribution in [0.4, 0.5) is 0 Å². The van der Waals surface area contributed by atoms with Gasteiger partial charge in [0.15, 0.2) is 0 Å². The summed E-state index contributed by atoms with van der Waals surface area (Å²) in [5, 5.41) is 3.51. The smallest absolute Gasteiger partial charge is 0.123 e. The van der Waals surface area contributed by atoms with Crippen LogP contribution in [0.1, 0.15) is 12.5 Å². The van der Waals surface area contributed by atoms with Gasteiger partial charge >= 0.3 is 0 Å². The summed E-state index contributed by atoms with van der Waals surface area (Å²) < 4.78 is 7.05. The Kier molecular flexibility index (Phi) is 5.39. The van der Waals surface area contributed by atoms with Crippen molar-refractivity contribution in [3.05, 3.63) is 28.2 Å². The maximum Gasteiger partial charge on any atom is 0.123 e. The number of rotatable bonds is 6. The van der Waals surface area contributed by atoms with E-state index in [0.29, 0.717) is 0 Å². The topological polar surface area (TPSA) is 21.3 Å². The predicted octanol–water partition coefficient (Wildman–Crippen LogP) is 3.34. The average Bonchev–Trinajstić information content (AvgIpc) is 2.71. The van der Waals surface area contributed by atoms with Gasteiger partial charge in [0, 0.05) is 17.4 Å². The van der Waals surface area contributed by atoms with Crippen molar-refractivity contribution < 1.29 is 4.74 Å². The molecule has 0 saturated carbocycles. The van der Waals surface area contributed by atoms with E-state index in [-0.39, 0.29) is 6.10 Å². The highest BCUT2D eigenvalue weighted by Gasteiger charge is 2.22. The Morgan fingerprint density at radius 1 is 1.56 bits per heavy atom. The van der Waals surface area contributed by atoms with Crippen LogP contribution in [-0.2, 0) is 6.42 Å². The van der Waals surface area contributed by atoms with E-state index in [1.165, 1.54) is 11.3 Å². The quantitative estimate of drug-likeness (QED) is 0.864. The minimum atomic E-state index is 0.288. The Morgan fingerprint density at radius 2 is 2.39 bits per heavy atom. The minimum absolute atomic E-state index is 0.288. The monoisotopic (exact) mass is 329 g/mol. The van der Waals surface area contributed by atoms with E-state index >= 15 is 0 Å². The number of hydrogen-bond donors (Lipinski definition) is 1. The summed E-state index contributed by atoms with van der Waals surface area (Å²) in [5.74, 6) is 2.98. The van der Waals surface area contributed by atoms with Gasteiger partial charge in [-0.1, -0.05) is 22.9 Å². The van der Waals surface area contributed by atoms with Gasteiger partial charge in [-0.15, -0.1) is 0 Å².